The van der Waals surface area contributed by atoms with Crippen LogP contribution in [0.5, 0.6) is 0 Å². The number of piperidine rings is 1. The van der Waals surface area contributed by atoms with Gasteiger partial charge in [0, 0.05) is 25.7 Å². The Morgan fingerprint density at radius 1 is 1.26 bits per heavy atom. The van der Waals surface area contributed by atoms with Crippen molar-refractivity contribution in [3.05, 3.63) is 0 Å². The Kier molecular flexibility index (Phi) is 6.86. The van der Waals surface area contributed by atoms with E-state index in [2.05, 4.69) is 0 Å². The van der Waals surface area contributed by atoms with Gasteiger partial charge >= 0.3 is 6.09 Å². The van der Waals surface area contributed by atoms with Gasteiger partial charge in [-0.05, 0) is 46.5 Å². The molecule has 1 fully saturated rings. The zero-order valence-electron chi connectivity index (χ0n) is 15.5. The van der Waals surface area contributed by atoms with Crippen LogP contribution in [0.1, 0.15) is 54.4 Å². The number of hydrogen-bond donors (Lipinski definition) is 1. The molecule has 0 spiro atoms. The van der Waals surface area contributed by atoms with Crippen LogP contribution < -0.4 is 5.73 Å². The standard InChI is InChI=1S/C17H33N3O3/c1-7-20(16(22)23-17(4,5)6)13-8-10-19(11-9-13)15(21)14(18)12(2)3/h12-14H,7-11,18H2,1-6H3/t14-/m0/s1. The zero-order chi connectivity index (χ0) is 17.8. The molecule has 1 atom stereocenters. The molecule has 0 aromatic rings. The maximum atomic E-state index is 12.3. The lowest BCUT2D eigenvalue weighted by molar-refractivity contribution is -0.135. The van der Waals surface area contributed by atoms with Crippen LogP contribution in [-0.4, -0.2) is 59.1 Å². The number of ether oxygens (including phenoxy) is 1. The monoisotopic (exact) mass is 327 g/mol. The van der Waals surface area contributed by atoms with Crippen molar-refractivity contribution in [3.63, 3.8) is 0 Å². The third-order valence-electron chi connectivity index (χ3n) is 4.19. The summed E-state index contributed by atoms with van der Waals surface area (Å²) in [5.74, 6) is 0.146. The van der Waals surface area contributed by atoms with Gasteiger partial charge in [0.1, 0.15) is 5.60 Å². The lowest BCUT2D eigenvalue weighted by atomic mass is 9.99. The minimum atomic E-state index is -0.495. The van der Waals surface area contributed by atoms with Gasteiger partial charge in [0.2, 0.25) is 5.91 Å². The van der Waals surface area contributed by atoms with E-state index in [1.165, 1.54) is 0 Å². The van der Waals surface area contributed by atoms with Crippen molar-refractivity contribution >= 4 is 12.0 Å². The summed E-state index contributed by atoms with van der Waals surface area (Å²) in [6, 6.07) is -0.325. The topological polar surface area (TPSA) is 75.9 Å². The van der Waals surface area contributed by atoms with Crippen molar-refractivity contribution in [2.75, 3.05) is 19.6 Å². The normalized spacial score (nSPS) is 18.0. The molecule has 23 heavy (non-hydrogen) atoms. The molecule has 6 heteroatoms. The minimum Gasteiger partial charge on any atom is -0.444 e. The van der Waals surface area contributed by atoms with Gasteiger partial charge in [-0.25, -0.2) is 4.79 Å². The molecule has 0 unspecified atom stereocenters. The molecule has 0 saturated carbocycles. The molecule has 0 aliphatic carbocycles. The number of carbonyl (C=O) groups is 2. The molecule has 1 rings (SSSR count). The summed E-state index contributed by atoms with van der Waals surface area (Å²) >= 11 is 0. The van der Waals surface area contributed by atoms with Crippen molar-refractivity contribution in [3.8, 4) is 0 Å². The average Bonchev–Trinajstić information content (AvgIpc) is 2.45. The number of rotatable bonds is 4. The highest BCUT2D eigenvalue weighted by Gasteiger charge is 2.32. The minimum absolute atomic E-state index is 0.0127. The first-order chi connectivity index (χ1) is 10.6. The van der Waals surface area contributed by atoms with E-state index in [9.17, 15) is 9.59 Å². The van der Waals surface area contributed by atoms with Crippen molar-refractivity contribution < 1.29 is 14.3 Å². The summed E-state index contributed by atoms with van der Waals surface area (Å²) in [6.45, 7) is 13.4. The van der Waals surface area contributed by atoms with Crippen LogP contribution in [0.2, 0.25) is 0 Å². The molecular weight excluding hydrogens is 294 g/mol. The highest BCUT2D eigenvalue weighted by molar-refractivity contribution is 5.82. The number of hydrogen-bond acceptors (Lipinski definition) is 4. The molecule has 2 N–H and O–H groups in total. The van der Waals surface area contributed by atoms with Crippen LogP contribution in [0.4, 0.5) is 4.79 Å². The first-order valence-corrected chi connectivity index (χ1v) is 8.60. The second-order valence-electron chi connectivity index (χ2n) is 7.59. The quantitative estimate of drug-likeness (QED) is 0.859. The smallest absolute Gasteiger partial charge is 0.410 e. The number of carbonyl (C=O) groups excluding carboxylic acids is 2. The van der Waals surface area contributed by atoms with E-state index in [4.69, 9.17) is 10.5 Å². The fourth-order valence-corrected chi connectivity index (χ4v) is 2.75. The van der Waals surface area contributed by atoms with Crippen molar-refractivity contribution in [1.29, 1.82) is 0 Å². The zero-order valence-corrected chi connectivity index (χ0v) is 15.5. The fraction of sp³-hybridized carbons (Fsp3) is 0.882. The van der Waals surface area contributed by atoms with Crippen LogP contribution in [-0.2, 0) is 9.53 Å². The predicted molar refractivity (Wildman–Crippen MR) is 91.0 cm³/mol. The summed E-state index contributed by atoms with van der Waals surface area (Å²) in [5, 5.41) is 0. The molecule has 6 nitrogen and oxygen atoms in total. The molecule has 1 aliphatic heterocycles. The number of nitrogens with zero attached hydrogens (tertiary/aromatic N) is 2. The third-order valence-corrected chi connectivity index (χ3v) is 4.19. The number of amides is 2. The van der Waals surface area contributed by atoms with Crippen molar-refractivity contribution in [2.24, 2.45) is 11.7 Å². The SMILES string of the molecule is CCN(C(=O)OC(C)(C)C)C1CCN(C(=O)[C@@H](N)C(C)C)CC1. The largest absolute Gasteiger partial charge is 0.444 e. The number of likely N-dealkylation sites (tertiary alicyclic amines) is 1. The van der Waals surface area contributed by atoms with Crippen molar-refractivity contribution in [1.82, 2.24) is 9.80 Å². The Hall–Kier alpha value is -1.30. The van der Waals surface area contributed by atoms with Crippen LogP contribution in [0.25, 0.3) is 0 Å². The van der Waals surface area contributed by atoms with Crippen LogP contribution in [0.3, 0.4) is 0 Å². The maximum absolute atomic E-state index is 12.3. The first kappa shape index (κ1) is 19.7. The van der Waals surface area contributed by atoms with Gasteiger partial charge in [-0.15, -0.1) is 0 Å². The van der Waals surface area contributed by atoms with Crippen LogP contribution in [0, 0.1) is 5.92 Å². The molecule has 0 aromatic carbocycles. The average molecular weight is 327 g/mol. The van der Waals surface area contributed by atoms with Crippen LogP contribution in [0.15, 0.2) is 0 Å². The highest BCUT2D eigenvalue weighted by atomic mass is 16.6. The fourth-order valence-electron chi connectivity index (χ4n) is 2.75. The Morgan fingerprint density at radius 2 is 1.78 bits per heavy atom. The van der Waals surface area contributed by atoms with Crippen molar-refractivity contribution in [2.45, 2.75) is 72.1 Å². The Morgan fingerprint density at radius 3 is 2.17 bits per heavy atom. The molecule has 0 bridgehead atoms. The molecule has 134 valence electrons. The van der Waals surface area contributed by atoms with E-state index in [-0.39, 0.29) is 24.0 Å². The first-order valence-electron chi connectivity index (χ1n) is 8.60. The molecule has 1 saturated heterocycles. The summed E-state index contributed by atoms with van der Waals surface area (Å²) in [4.78, 5) is 28.2. The second kappa shape index (κ2) is 7.99. The Labute approximate surface area is 140 Å². The Bertz CT molecular complexity index is 410. The predicted octanol–water partition coefficient (Wildman–Crippen LogP) is 2.22. The van der Waals surface area contributed by atoms with E-state index in [0.29, 0.717) is 19.6 Å². The molecule has 0 radical (unpaired) electrons. The van der Waals surface area contributed by atoms with Crippen LogP contribution >= 0.6 is 0 Å². The molecular formula is C17H33N3O3. The second-order valence-corrected chi connectivity index (χ2v) is 7.59. The number of nitrogens with two attached hydrogens (primary N) is 1. The van der Waals surface area contributed by atoms with E-state index in [1.54, 1.807) is 4.90 Å². The van der Waals surface area contributed by atoms with Gasteiger partial charge in [-0.2, -0.15) is 0 Å². The van der Waals surface area contributed by atoms with Gasteiger partial charge in [-0.1, -0.05) is 13.8 Å². The van der Waals surface area contributed by atoms with Gasteiger partial charge in [-0.3, -0.25) is 4.79 Å². The lowest BCUT2D eigenvalue weighted by Gasteiger charge is -2.39. The Balaban J connectivity index is 2.60. The van der Waals surface area contributed by atoms with E-state index in [0.717, 1.165) is 12.8 Å². The summed E-state index contributed by atoms with van der Waals surface area (Å²) in [7, 11) is 0. The van der Waals surface area contributed by atoms with Gasteiger partial charge in [0.15, 0.2) is 0 Å². The highest BCUT2D eigenvalue weighted by Crippen LogP contribution is 2.20. The summed E-state index contributed by atoms with van der Waals surface area (Å²) in [5.41, 5.74) is 5.46. The van der Waals surface area contributed by atoms with E-state index in [1.807, 2.05) is 46.4 Å². The molecule has 0 aromatic heterocycles. The van der Waals surface area contributed by atoms with Gasteiger partial charge in [0.05, 0.1) is 6.04 Å². The third kappa shape index (κ3) is 5.68. The molecule has 2 amide bonds. The maximum Gasteiger partial charge on any atom is 0.410 e. The van der Waals surface area contributed by atoms with E-state index < -0.39 is 11.6 Å². The lowest BCUT2D eigenvalue weighted by Crippen LogP contribution is -2.53. The molecule has 1 aliphatic rings. The summed E-state index contributed by atoms with van der Waals surface area (Å²) < 4.78 is 5.47. The van der Waals surface area contributed by atoms with Gasteiger partial charge in [0.25, 0.3) is 0 Å². The van der Waals surface area contributed by atoms with E-state index >= 15 is 0 Å². The summed E-state index contributed by atoms with van der Waals surface area (Å²) in [6.07, 6.45) is 1.26. The van der Waals surface area contributed by atoms with Gasteiger partial charge < -0.3 is 20.3 Å². The molecule has 1 heterocycles.